The van der Waals surface area contributed by atoms with Crippen molar-refractivity contribution in [2.24, 2.45) is 0 Å². The zero-order chi connectivity index (χ0) is 11.5. The van der Waals surface area contributed by atoms with Gasteiger partial charge in [-0.15, -0.1) is 0 Å². The summed E-state index contributed by atoms with van der Waals surface area (Å²) in [6.45, 7) is 5.30. The van der Waals surface area contributed by atoms with Gasteiger partial charge in [0.2, 0.25) is 0 Å². The third-order valence-corrected chi connectivity index (χ3v) is 3.16. The number of fused-ring (bicyclic) bond motifs is 1. The standard InChI is InChI=1S/C12H16BrN3/c1-3-5-6-11-15-12-10(16(11)4-2)7-9(13)8-14-12/h7-8H,3-6H2,1-2H3. The summed E-state index contributed by atoms with van der Waals surface area (Å²) in [7, 11) is 0. The second kappa shape index (κ2) is 4.95. The number of halogens is 1. The van der Waals surface area contributed by atoms with Crippen LogP contribution in [-0.2, 0) is 13.0 Å². The number of aryl methyl sites for hydroxylation is 2. The first-order chi connectivity index (χ1) is 7.76. The maximum Gasteiger partial charge on any atom is 0.177 e. The van der Waals surface area contributed by atoms with E-state index in [4.69, 9.17) is 0 Å². The molecule has 0 spiro atoms. The highest BCUT2D eigenvalue weighted by atomic mass is 79.9. The topological polar surface area (TPSA) is 30.7 Å². The molecular weight excluding hydrogens is 266 g/mol. The van der Waals surface area contributed by atoms with E-state index in [2.05, 4.69) is 50.4 Å². The molecule has 0 unspecified atom stereocenters. The number of imidazole rings is 1. The lowest BCUT2D eigenvalue weighted by molar-refractivity contribution is 0.675. The van der Waals surface area contributed by atoms with Gasteiger partial charge in [0.15, 0.2) is 5.65 Å². The molecule has 0 aliphatic carbocycles. The minimum Gasteiger partial charge on any atom is -0.327 e. The van der Waals surface area contributed by atoms with Gasteiger partial charge in [-0.3, -0.25) is 0 Å². The van der Waals surface area contributed by atoms with Crippen molar-refractivity contribution in [1.82, 2.24) is 14.5 Å². The first kappa shape index (κ1) is 11.6. The van der Waals surface area contributed by atoms with E-state index in [9.17, 15) is 0 Å². The summed E-state index contributed by atoms with van der Waals surface area (Å²) in [6.07, 6.45) is 5.23. The van der Waals surface area contributed by atoms with Crippen LogP contribution in [-0.4, -0.2) is 14.5 Å². The zero-order valence-electron chi connectivity index (χ0n) is 9.70. The summed E-state index contributed by atoms with van der Waals surface area (Å²) in [4.78, 5) is 8.93. The Morgan fingerprint density at radius 3 is 2.88 bits per heavy atom. The fourth-order valence-corrected chi connectivity index (χ4v) is 2.23. The lowest BCUT2D eigenvalue weighted by Gasteiger charge is -2.04. The molecule has 2 heterocycles. The number of rotatable bonds is 4. The van der Waals surface area contributed by atoms with Crippen LogP contribution in [0.15, 0.2) is 16.7 Å². The summed E-state index contributed by atoms with van der Waals surface area (Å²) < 4.78 is 3.26. The Kier molecular flexibility index (Phi) is 3.59. The van der Waals surface area contributed by atoms with Gasteiger partial charge in [-0.05, 0) is 35.3 Å². The molecule has 0 bridgehead atoms. The first-order valence-corrected chi connectivity index (χ1v) is 6.56. The summed E-state index contributed by atoms with van der Waals surface area (Å²) in [5.74, 6) is 1.16. The van der Waals surface area contributed by atoms with E-state index in [0.717, 1.165) is 34.4 Å². The average Bonchev–Trinajstić information content (AvgIpc) is 2.63. The monoisotopic (exact) mass is 281 g/mol. The lowest BCUT2D eigenvalue weighted by atomic mass is 10.2. The van der Waals surface area contributed by atoms with Gasteiger partial charge in [-0.25, -0.2) is 9.97 Å². The van der Waals surface area contributed by atoms with Crippen LogP contribution >= 0.6 is 15.9 Å². The zero-order valence-corrected chi connectivity index (χ0v) is 11.3. The van der Waals surface area contributed by atoms with E-state index in [0.29, 0.717) is 0 Å². The molecule has 2 aromatic heterocycles. The van der Waals surface area contributed by atoms with Gasteiger partial charge in [0, 0.05) is 23.6 Å². The van der Waals surface area contributed by atoms with Crippen molar-refractivity contribution in [1.29, 1.82) is 0 Å². The third kappa shape index (κ3) is 2.12. The number of hydrogen-bond acceptors (Lipinski definition) is 2. The first-order valence-electron chi connectivity index (χ1n) is 5.77. The molecular formula is C12H16BrN3. The highest BCUT2D eigenvalue weighted by Gasteiger charge is 2.10. The Morgan fingerprint density at radius 1 is 1.38 bits per heavy atom. The van der Waals surface area contributed by atoms with Crippen LogP contribution in [0.25, 0.3) is 11.2 Å². The van der Waals surface area contributed by atoms with Crippen LogP contribution in [0.3, 0.4) is 0 Å². The van der Waals surface area contributed by atoms with Crippen molar-refractivity contribution in [2.45, 2.75) is 39.7 Å². The van der Waals surface area contributed by atoms with Crippen LogP contribution in [0.2, 0.25) is 0 Å². The van der Waals surface area contributed by atoms with Crippen LogP contribution in [0.4, 0.5) is 0 Å². The second-order valence-electron chi connectivity index (χ2n) is 3.87. The molecule has 3 nitrogen and oxygen atoms in total. The molecule has 2 aromatic rings. The molecule has 0 aromatic carbocycles. The fraction of sp³-hybridized carbons (Fsp3) is 0.500. The van der Waals surface area contributed by atoms with E-state index in [-0.39, 0.29) is 0 Å². The van der Waals surface area contributed by atoms with Crippen molar-refractivity contribution >= 4 is 27.1 Å². The molecule has 0 aliphatic heterocycles. The fourth-order valence-electron chi connectivity index (χ4n) is 1.91. The minimum absolute atomic E-state index is 0.858. The Morgan fingerprint density at radius 2 is 2.19 bits per heavy atom. The van der Waals surface area contributed by atoms with Gasteiger partial charge in [0.1, 0.15) is 5.82 Å². The third-order valence-electron chi connectivity index (χ3n) is 2.72. The van der Waals surface area contributed by atoms with Crippen LogP contribution < -0.4 is 0 Å². The number of aromatic nitrogens is 3. The lowest BCUT2D eigenvalue weighted by Crippen LogP contribution is -2.01. The SMILES string of the molecule is CCCCc1nc2ncc(Br)cc2n1CC. The molecule has 0 amide bonds. The molecule has 0 N–H and O–H groups in total. The highest BCUT2D eigenvalue weighted by Crippen LogP contribution is 2.19. The molecule has 4 heteroatoms. The van der Waals surface area contributed by atoms with Crippen molar-refractivity contribution in [2.75, 3.05) is 0 Å². The molecule has 16 heavy (non-hydrogen) atoms. The normalized spacial score (nSPS) is 11.2. The van der Waals surface area contributed by atoms with Crippen molar-refractivity contribution in [3.63, 3.8) is 0 Å². The van der Waals surface area contributed by atoms with Crippen LogP contribution in [0.5, 0.6) is 0 Å². The molecule has 0 radical (unpaired) electrons. The van der Waals surface area contributed by atoms with Crippen LogP contribution in [0.1, 0.15) is 32.5 Å². The summed E-state index contributed by atoms with van der Waals surface area (Å²) in [5, 5.41) is 0. The number of hydrogen-bond donors (Lipinski definition) is 0. The largest absolute Gasteiger partial charge is 0.327 e. The number of pyridine rings is 1. The highest BCUT2D eigenvalue weighted by molar-refractivity contribution is 9.10. The van der Waals surface area contributed by atoms with E-state index >= 15 is 0 Å². The van der Waals surface area contributed by atoms with Crippen LogP contribution in [0, 0.1) is 0 Å². The van der Waals surface area contributed by atoms with Gasteiger partial charge < -0.3 is 4.57 Å². The molecule has 0 saturated heterocycles. The van der Waals surface area contributed by atoms with Crippen molar-refractivity contribution in [3.05, 3.63) is 22.6 Å². The second-order valence-corrected chi connectivity index (χ2v) is 4.79. The molecule has 0 atom stereocenters. The Hall–Kier alpha value is -0.900. The van der Waals surface area contributed by atoms with E-state index in [1.54, 1.807) is 6.20 Å². The van der Waals surface area contributed by atoms with Crippen molar-refractivity contribution in [3.8, 4) is 0 Å². The maximum absolute atomic E-state index is 4.59. The Bertz CT molecular complexity index is 490. The average molecular weight is 282 g/mol. The smallest absolute Gasteiger partial charge is 0.177 e. The number of unbranched alkanes of at least 4 members (excludes halogenated alkanes) is 1. The predicted molar refractivity (Wildman–Crippen MR) is 69.5 cm³/mol. The molecule has 0 fully saturated rings. The van der Waals surface area contributed by atoms with Gasteiger partial charge in [0.25, 0.3) is 0 Å². The van der Waals surface area contributed by atoms with Gasteiger partial charge in [0.05, 0.1) is 5.52 Å². The quantitative estimate of drug-likeness (QED) is 0.858. The van der Waals surface area contributed by atoms with E-state index in [1.165, 1.54) is 12.8 Å². The van der Waals surface area contributed by atoms with Gasteiger partial charge >= 0.3 is 0 Å². The Labute approximate surface area is 104 Å². The summed E-state index contributed by atoms with van der Waals surface area (Å²) in [5.41, 5.74) is 1.99. The summed E-state index contributed by atoms with van der Waals surface area (Å²) in [6, 6.07) is 2.09. The predicted octanol–water partition coefficient (Wildman–Crippen LogP) is 3.56. The molecule has 0 aliphatic rings. The van der Waals surface area contributed by atoms with E-state index in [1.807, 2.05) is 0 Å². The molecule has 86 valence electrons. The van der Waals surface area contributed by atoms with Gasteiger partial charge in [-0.2, -0.15) is 0 Å². The minimum atomic E-state index is 0.858. The van der Waals surface area contributed by atoms with Gasteiger partial charge in [-0.1, -0.05) is 13.3 Å². The number of nitrogens with zero attached hydrogens (tertiary/aromatic N) is 3. The van der Waals surface area contributed by atoms with Crippen molar-refractivity contribution < 1.29 is 0 Å². The summed E-state index contributed by atoms with van der Waals surface area (Å²) >= 11 is 3.45. The Balaban J connectivity index is 2.49. The van der Waals surface area contributed by atoms with E-state index < -0.39 is 0 Å². The maximum atomic E-state index is 4.59. The molecule has 0 saturated carbocycles. The molecule has 2 rings (SSSR count).